The van der Waals surface area contributed by atoms with Crippen molar-refractivity contribution in [1.82, 2.24) is 9.97 Å². The van der Waals surface area contributed by atoms with Crippen molar-refractivity contribution in [2.24, 2.45) is 0 Å². The van der Waals surface area contributed by atoms with Crippen LogP contribution in [0.5, 0.6) is 0 Å². The van der Waals surface area contributed by atoms with E-state index in [-0.39, 0.29) is 5.82 Å². The zero-order chi connectivity index (χ0) is 12.3. The van der Waals surface area contributed by atoms with E-state index >= 15 is 0 Å². The van der Waals surface area contributed by atoms with Crippen LogP contribution in [-0.2, 0) is 14.9 Å². The van der Waals surface area contributed by atoms with Gasteiger partial charge in [0.25, 0.3) is 10.1 Å². The molecule has 0 unspecified atom stereocenters. The van der Waals surface area contributed by atoms with Crippen LogP contribution in [-0.4, -0.2) is 35.3 Å². The number of aromatic nitrogens is 2. The first-order valence-corrected chi connectivity index (χ1v) is 6.14. The number of rotatable bonds is 4. The third-order valence-corrected chi connectivity index (χ3v) is 3.39. The molecule has 0 saturated heterocycles. The van der Waals surface area contributed by atoms with Gasteiger partial charge in [-0.2, -0.15) is 8.42 Å². The minimum atomic E-state index is -4.18. The van der Waals surface area contributed by atoms with Gasteiger partial charge < -0.3 is 4.74 Å². The zero-order valence-electron chi connectivity index (χ0n) is 9.28. The summed E-state index contributed by atoms with van der Waals surface area (Å²) in [4.78, 5) is 7.94. The van der Waals surface area contributed by atoms with Gasteiger partial charge in [-0.15, -0.1) is 0 Å². The highest BCUT2D eigenvalue weighted by Crippen LogP contribution is 2.21. The third kappa shape index (κ3) is 2.97. The summed E-state index contributed by atoms with van der Waals surface area (Å²) in [6.07, 6.45) is 2.24. The topological polar surface area (TPSA) is 89.4 Å². The molecule has 1 aromatic rings. The largest absolute Gasteiger partial charge is 0.372 e. The summed E-state index contributed by atoms with van der Waals surface area (Å²) in [7, 11) is -2.83. The van der Waals surface area contributed by atoms with E-state index in [0.717, 1.165) is 5.56 Å². The van der Waals surface area contributed by atoms with Crippen molar-refractivity contribution in [3.63, 3.8) is 0 Å². The van der Waals surface area contributed by atoms with Gasteiger partial charge in [0.05, 0.1) is 0 Å². The van der Waals surface area contributed by atoms with Crippen LogP contribution in [0, 0.1) is 6.92 Å². The lowest BCUT2D eigenvalue weighted by Crippen LogP contribution is -2.27. The first kappa shape index (κ1) is 13.0. The summed E-state index contributed by atoms with van der Waals surface area (Å²) in [5.74, 6) is 0.234. The average Bonchev–Trinajstić information content (AvgIpc) is 2.20. The van der Waals surface area contributed by atoms with E-state index in [2.05, 4.69) is 9.97 Å². The molecule has 1 rings (SSSR count). The number of methoxy groups -OCH3 is 1. The molecular weight excluding hydrogens is 232 g/mol. The lowest BCUT2D eigenvalue weighted by Gasteiger charge is -2.18. The molecule has 0 amide bonds. The summed E-state index contributed by atoms with van der Waals surface area (Å²) in [5, 5.41) is -1.11. The maximum absolute atomic E-state index is 11.0. The Labute approximate surface area is 94.4 Å². The maximum atomic E-state index is 11.0. The molecule has 0 aliphatic rings. The van der Waals surface area contributed by atoms with Gasteiger partial charge in [0.15, 0.2) is 5.82 Å². The second-order valence-electron chi connectivity index (χ2n) is 3.50. The van der Waals surface area contributed by atoms with Crippen LogP contribution < -0.4 is 0 Å². The molecule has 6 nitrogen and oxygen atoms in total. The minimum absolute atomic E-state index is 0.234. The fourth-order valence-corrected chi connectivity index (χ4v) is 1.76. The summed E-state index contributed by atoms with van der Waals surface area (Å²) in [5.41, 5.74) is 0.859. The Balaban J connectivity index is 3.03. The molecule has 0 radical (unpaired) electrons. The third-order valence-electron chi connectivity index (χ3n) is 2.21. The van der Waals surface area contributed by atoms with Gasteiger partial charge in [0.2, 0.25) is 0 Å². The smallest absolute Gasteiger partial charge is 0.270 e. The number of hydrogen-bond donors (Lipinski definition) is 1. The molecule has 90 valence electrons. The van der Waals surface area contributed by atoms with Gasteiger partial charge in [-0.25, -0.2) is 9.97 Å². The molecule has 0 bridgehead atoms. The van der Waals surface area contributed by atoms with E-state index in [4.69, 9.17) is 9.29 Å². The van der Waals surface area contributed by atoms with Crippen molar-refractivity contribution >= 4 is 10.1 Å². The quantitative estimate of drug-likeness (QED) is 0.788. The number of nitrogens with zero attached hydrogens (tertiary/aromatic N) is 2. The molecule has 2 atom stereocenters. The molecule has 0 spiro atoms. The van der Waals surface area contributed by atoms with Gasteiger partial charge in [-0.1, -0.05) is 0 Å². The van der Waals surface area contributed by atoms with Crippen molar-refractivity contribution < 1.29 is 17.7 Å². The average molecular weight is 246 g/mol. The number of hydrogen-bond acceptors (Lipinski definition) is 5. The van der Waals surface area contributed by atoms with E-state index < -0.39 is 21.5 Å². The molecule has 1 heterocycles. The first-order chi connectivity index (χ1) is 7.36. The fourth-order valence-electron chi connectivity index (χ4n) is 1.21. The van der Waals surface area contributed by atoms with Crippen molar-refractivity contribution in [1.29, 1.82) is 0 Å². The highest BCUT2D eigenvalue weighted by molar-refractivity contribution is 7.86. The van der Waals surface area contributed by atoms with E-state index in [1.807, 2.05) is 6.92 Å². The first-order valence-electron chi connectivity index (χ1n) is 4.64. The highest BCUT2D eigenvalue weighted by atomic mass is 32.2. The van der Waals surface area contributed by atoms with Crippen LogP contribution >= 0.6 is 0 Å². The molecule has 1 aromatic heterocycles. The van der Waals surface area contributed by atoms with Crippen LogP contribution in [0.25, 0.3) is 0 Å². The lowest BCUT2D eigenvalue weighted by atomic mass is 10.2. The van der Waals surface area contributed by atoms with E-state index in [0.29, 0.717) is 0 Å². The minimum Gasteiger partial charge on any atom is -0.372 e. The van der Waals surface area contributed by atoms with Gasteiger partial charge in [0, 0.05) is 19.5 Å². The van der Waals surface area contributed by atoms with Crippen LogP contribution in [0.1, 0.15) is 24.4 Å². The lowest BCUT2D eigenvalue weighted by molar-refractivity contribution is 0.0928. The van der Waals surface area contributed by atoms with Crippen molar-refractivity contribution in [2.75, 3.05) is 7.11 Å². The van der Waals surface area contributed by atoms with Crippen molar-refractivity contribution in [2.45, 2.75) is 25.2 Å². The van der Waals surface area contributed by atoms with Gasteiger partial charge in [-0.05, 0) is 19.4 Å². The molecule has 0 fully saturated rings. The van der Waals surface area contributed by atoms with E-state index in [9.17, 15) is 8.42 Å². The van der Waals surface area contributed by atoms with Crippen LogP contribution in [0.3, 0.4) is 0 Å². The summed E-state index contributed by atoms with van der Waals surface area (Å²) in [6.45, 7) is 3.16. The standard InChI is InChI=1S/C9H14N2O4S/c1-6-4-10-9(11-5-6)8(15-3)7(2)16(12,13)14/h4-5,7-8H,1-3H3,(H,12,13,14)/t7-,8-/m0/s1. The monoisotopic (exact) mass is 246 g/mol. The van der Waals surface area contributed by atoms with Crippen molar-refractivity contribution in [3.8, 4) is 0 Å². The van der Waals surface area contributed by atoms with Gasteiger partial charge >= 0.3 is 0 Å². The molecule has 0 aromatic carbocycles. The Hall–Kier alpha value is -1.05. The fraction of sp³-hybridized carbons (Fsp3) is 0.556. The van der Waals surface area contributed by atoms with Crippen LogP contribution in [0.2, 0.25) is 0 Å². The number of ether oxygens (including phenoxy) is 1. The Bertz CT molecular complexity index is 443. The molecule has 1 N–H and O–H groups in total. The SMILES string of the molecule is CO[C@H](c1ncc(C)cn1)[C@H](C)S(=O)(=O)O. The van der Waals surface area contributed by atoms with Gasteiger partial charge in [0.1, 0.15) is 11.4 Å². The summed E-state index contributed by atoms with van der Waals surface area (Å²) >= 11 is 0. The van der Waals surface area contributed by atoms with E-state index in [1.54, 1.807) is 12.4 Å². The summed E-state index contributed by atoms with van der Waals surface area (Å²) < 4.78 is 35.9. The summed E-state index contributed by atoms with van der Waals surface area (Å²) in [6, 6.07) is 0. The normalized spacial score (nSPS) is 15.8. The number of aryl methyl sites for hydroxylation is 1. The molecule has 0 saturated carbocycles. The Morgan fingerprint density at radius 1 is 1.38 bits per heavy atom. The molecule has 16 heavy (non-hydrogen) atoms. The molecular formula is C9H14N2O4S. The predicted molar refractivity (Wildman–Crippen MR) is 57.5 cm³/mol. The zero-order valence-corrected chi connectivity index (χ0v) is 10.1. The van der Waals surface area contributed by atoms with E-state index in [1.165, 1.54) is 14.0 Å². The highest BCUT2D eigenvalue weighted by Gasteiger charge is 2.31. The van der Waals surface area contributed by atoms with Crippen LogP contribution in [0.4, 0.5) is 0 Å². The Morgan fingerprint density at radius 3 is 2.25 bits per heavy atom. The second kappa shape index (κ2) is 4.86. The Kier molecular flexibility index (Phi) is 3.95. The predicted octanol–water partition coefficient (Wildman–Crippen LogP) is 0.749. The van der Waals surface area contributed by atoms with Gasteiger partial charge in [-0.3, -0.25) is 4.55 Å². The van der Waals surface area contributed by atoms with Crippen LogP contribution in [0.15, 0.2) is 12.4 Å². The van der Waals surface area contributed by atoms with Crippen molar-refractivity contribution in [3.05, 3.63) is 23.8 Å². The molecule has 7 heteroatoms. The molecule has 0 aliphatic heterocycles. The maximum Gasteiger partial charge on any atom is 0.270 e. The Morgan fingerprint density at radius 2 is 1.88 bits per heavy atom. The second-order valence-corrected chi connectivity index (χ2v) is 5.27. The molecule has 0 aliphatic carbocycles.